The van der Waals surface area contributed by atoms with Gasteiger partial charge in [-0.25, -0.2) is 4.39 Å². The van der Waals surface area contributed by atoms with Gasteiger partial charge in [-0.2, -0.15) is 0 Å². The Morgan fingerprint density at radius 2 is 2.21 bits per heavy atom. The van der Waals surface area contributed by atoms with Crippen molar-refractivity contribution >= 4 is 0 Å². The SMILES string of the molecule is CCN(CCC(O)c1ccc(F)cn1)C(C)COC. The summed E-state index contributed by atoms with van der Waals surface area (Å²) in [6.07, 6.45) is 1.04. The number of methoxy groups -OCH3 is 1. The van der Waals surface area contributed by atoms with Crippen LogP contribution in [-0.4, -0.2) is 47.8 Å². The van der Waals surface area contributed by atoms with E-state index in [2.05, 4.69) is 23.7 Å². The summed E-state index contributed by atoms with van der Waals surface area (Å²) in [6.45, 7) is 6.48. The lowest BCUT2D eigenvalue weighted by molar-refractivity contribution is 0.0831. The molecule has 1 heterocycles. The quantitative estimate of drug-likeness (QED) is 0.785. The van der Waals surface area contributed by atoms with Gasteiger partial charge in [0.2, 0.25) is 0 Å². The molecule has 1 rings (SSSR count). The lowest BCUT2D eigenvalue weighted by Crippen LogP contribution is -2.37. The fourth-order valence-corrected chi connectivity index (χ4v) is 2.06. The zero-order chi connectivity index (χ0) is 14.3. The van der Waals surface area contributed by atoms with Gasteiger partial charge in [-0.3, -0.25) is 9.88 Å². The number of nitrogens with zero attached hydrogens (tertiary/aromatic N) is 2. The molecule has 0 saturated heterocycles. The molecule has 2 atom stereocenters. The predicted molar refractivity (Wildman–Crippen MR) is 72.4 cm³/mol. The minimum Gasteiger partial charge on any atom is -0.387 e. The van der Waals surface area contributed by atoms with Crippen LogP contribution in [0.3, 0.4) is 0 Å². The Morgan fingerprint density at radius 3 is 2.74 bits per heavy atom. The second-order valence-corrected chi connectivity index (χ2v) is 4.64. The van der Waals surface area contributed by atoms with Gasteiger partial charge in [0.15, 0.2) is 0 Å². The van der Waals surface area contributed by atoms with Gasteiger partial charge in [0.05, 0.1) is 24.6 Å². The van der Waals surface area contributed by atoms with Crippen LogP contribution in [0, 0.1) is 5.82 Å². The highest BCUT2D eigenvalue weighted by Crippen LogP contribution is 2.15. The topological polar surface area (TPSA) is 45.6 Å². The second kappa shape index (κ2) is 8.19. The van der Waals surface area contributed by atoms with Crippen molar-refractivity contribution in [3.63, 3.8) is 0 Å². The number of aromatic nitrogens is 1. The highest BCUT2D eigenvalue weighted by Gasteiger charge is 2.15. The number of likely N-dealkylation sites (N-methyl/N-ethyl adjacent to an activating group) is 1. The fourth-order valence-electron chi connectivity index (χ4n) is 2.06. The monoisotopic (exact) mass is 270 g/mol. The molecule has 0 aliphatic rings. The molecule has 0 fully saturated rings. The van der Waals surface area contributed by atoms with Crippen molar-refractivity contribution in [2.45, 2.75) is 32.4 Å². The molecule has 0 bridgehead atoms. The van der Waals surface area contributed by atoms with E-state index in [9.17, 15) is 9.50 Å². The van der Waals surface area contributed by atoms with E-state index in [1.54, 1.807) is 7.11 Å². The summed E-state index contributed by atoms with van der Waals surface area (Å²) < 4.78 is 17.9. The van der Waals surface area contributed by atoms with Crippen LogP contribution in [0.1, 0.15) is 32.1 Å². The first-order valence-corrected chi connectivity index (χ1v) is 6.61. The summed E-state index contributed by atoms with van der Waals surface area (Å²) >= 11 is 0. The molecule has 4 nitrogen and oxygen atoms in total. The number of ether oxygens (including phenoxy) is 1. The van der Waals surface area contributed by atoms with E-state index >= 15 is 0 Å². The van der Waals surface area contributed by atoms with Gasteiger partial charge in [0.1, 0.15) is 5.82 Å². The van der Waals surface area contributed by atoms with E-state index in [0.717, 1.165) is 19.3 Å². The third-order valence-corrected chi connectivity index (χ3v) is 3.22. The molecular weight excluding hydrogens is 247 g/mol. The van der Waals surface area contributed by atoms with E-state index in [4.69, 9.17) is 4.74 Å². The molecule has 1 aromatic rings. The van der Waals surface area contributed by atoms with E-state index in [1.165, 1.54) is 12.1 Å². The molecule has 0 spiro atoms. The molecule has 1 N–H and O–H groups in total. The number of pyridine rings is 1. The van der Waals surface area contributed by atoms with Gasteiger partial charge in [-0.15, -0.1) is 0 Å². The van der Waals surface area contributed by atoms with Crippen LogP contribution < -0.4 is 0 Å². The molecule has 0 aromatic carbocycles. The van der Waals surface area contributed by atoms with Gasteiger partial charge in [0, 0.05) is 19.7 Å². The van der Waals surface area contributed by atoms with Crippen LogP contribution >= 0.6 is 0 Å². The minimum atomic E-state index is -0.663. The molecule has 0 aliphatic carbocycles. The average Bonchev–Trinajstić information content (AvgIpc) is 2.40. The first-order valence-electron chi connectivity index (χ1n) is 6.61. The Hall–Kier alpha value is -1.04. The lowest BCUT2D eigenvalue weighted by Gasteiger charge is -2.28. The summed E-state index contributed by atoms with van der Waals surface area (Å²) in [5, 5.41) is 10.0. The molecule has 0 amide bonds. The van der Waals surface area contributed by atoms with Gasteiger partial charge < -0.3 is 9.84 Å². The molecule has 0 saturated carbocycles. The molecule has 1 aromatic heterocycles. The molecule has 0 aliphatic heterocycles. The molecule has 108 valence electrons. The van der Waals surface area contributed by atoms with Crippen molar-refractivity contribution in [3.05, 3.63) is 29.8 Å². The zero-order valence-electron chi connectivity index (χ0n) is 11.8. The van der Waals surface area contributed by atoms with Crippen LogP contribution in [0.4, 0.5) is 4.39 Å². The Labute approximate surface area is 114 Å². The van der Waals surface area contributed by atoms with Gasteiger partial charge in [-0.1, -0.05) is 6.92 Å². The molecular formula is C14H23FN2O2. The van der Waals surface area contributed by atoms with Gasteiger partial charge in [0.25, 0.3) is 0 Å². The Kier molecular flexibility index (Phi) is 6.91. The van der Waals surface area contributed by atoms with Crippen molar-refractivity contribution in [1.29, 1.82) is 0 Å². The normalized spacial score (nSPS) is 14.6. The third-order valence-electron chi connectivity index (χ3n) is 3.22. The highest BCUT2D eigenvalue weighted by molar-refractivity contribution is 5.07. The fraction of sp³-hybridized carbons (Fsp3) is 0.643. The van der Waals surface area contributed by atoms with E-state index in [-0.39, 0.29) is 5.82 Å². The first kappa shape index (κ1) is 16.0. The minimum absolute atomic E-state index is 0.309. The van der Waals surface area contributed by atoms with Crippen molar-refractivity contribution in [1.82, 2.24) is 9.88 Å². The Balaban J connectivity index is 2.47. The standard InChI is InChI=1S/C14H23FN2O2/c1-4-17(11(2)10-19-3)8-7-14(18)13-6-5-12(15)9-16-13/h5-6,9,11,14,18H,4,7-8,10H2,1-3H3. The number of hydrogen-bond acceptors (Lipinski definition) is 4. The smallest absolute Gasteiger partial charge is 0.141 e. The summed E-state index contributed by atoms with van der Waals surface area (Å²) in [5.74, 6) is -0.389. The Bertz CT molecular complexity index is 359. The van der Waals surface area contributed by atoms with Crippen molar-refractivity contribution in [2.24, 2.45) is 0 Å². The number of hydrogen-bond donors (Lipinski definition) is 1. The van der Waals surface area contributed by atoms with Crippen LogP contribution in [0.5, 0.6) is 0 Å². The van der Waals surface area contributed by atoms with Gasteiger partial charge >= 0.3 is 0 Å². The maximum atomic E-state index is 12.7. The van der Waals surface area contributed by atoms with Crippen LogP contribution in [0.15, 0.2) is 18.3 Å². The molecule has 19 heavy (non-hydrogen) atoms. The maximum absolute atomic E-state index is 12.7. The number of halogens is 1. The largest absolute Gasteiger partial charge is 0.387 e. The van der Waals surface area contributed by atoms with Crippen molar-refractivity contribution in [2.75, 3.05) is 26.8 Å². The lowest BCUT2D eigenvalue weighted by atomic mass is 10.1. The predicted octanol–water partition coefficient (Wildman–Crippen LogP) is 2.00. The van der Waals surface area contributed by atoms with E-state index < -0.39 is 6.10 Å². The Morgan fingerprint density at radius 1 is 1.47 bits per heavy atom. The van der Waals surface area contributed by atoms with Crippen LogP contribution in [-0.2, 0) is 4.74 Å². The number of aliphatic hydroxyl groups is 1. The number of rotatable bonds is 8. The van der Waals surface area contributed by atoms with Crippen LogP contribution in [0.2, 0.25) is 0 Å². The van der Waals surface area contributed by atoms with Crippen molar-refractivity contribution in [3.8, 4) is 0 Å². The molecule has 2 unspecified atom stereocenters. The molecule has 5 heteroatoms. The van der Waals surface area contributed by atoms with E-state index in [1.807, 2.05) is 0 Å². The maximum Gasteiger partial charge on any atom is 0.141 e. The van der Waals surface area contributed by atoms with Crippen LogP contribution in [0.25, 0.3) is 0 Å². The summed E-state index contributed by atoms with van der Waals surface area (Å²) in [4.78, 5) is 6.13. The van der Waals surface area contributed by atoms with Gasteiger partial charge in [-0.05, 0) is 32.0 Å². The third kappa shape index (κ3) is 5.22. The van der Waals surface area contributed by atoms with E-state index in [0.29, 0.717) is 24.8 Å². The highest BCUT2D eigenvalue weighted by atomic mass is 19.1. The first-order chi connectivity index (χ1) is 9.08. The number of aliphatic hydroxyl groups excluding tert-OH is 1. The summed E-state index contributed by atoms with van der Waals surface area (Å²) in [7, 11) is 1.68. The average molecular weight is 270 g/mol. The van der Waals surface area contributed by atoms with Crippen molar-refractivity contribution < 1.29 is 14.2 Å². The summed E-state index contributed by atoms with van der Waals surface area (Å²) in [6, 6.07) is 3.15. The molecule has 0 radical (unpaired) electrons. The zero-order valence-corrected chi connectivity index (χ0v) is 11.8. The summed E-state index contributed by atoms with van der Waals surface area (Å²) in [5.41, 5.74) is 0.511. The second-order valence-electron chi connectivity index (χ2n) is 4.64.